The quantitative estimate of drug-likeness (QED) is 0.550. The molecule has 2 aliphatic heterocycles. The van der Waals surface area contributed by atoms with Gasteiger partial charge in [-0.25, -0.2) is 12.7 Å². The van der Waals surface area contributed by atoms with Crippen LogP contribution in [0.5, 0.6) is 0 Å². The summed E-state index contributed by atoms with van der Waals surface area (Å²) < 4.78 is 42.1. The number of rotatable bonds is 9. The van der Waals surface area contributed by atoms with Gasteiger partial charge in [0.2, 0.25) is 21.8 Å². The Morgan fingerprint density at radius 1 is 1.24 bits per heavy atom. The maximum Gasteiger partial charge on any atom is 0.246 e. The molecule has 1 aromatic rings. The number of nitrogens with one attached hydrogen (secondary N) is 1. The highest BCUT2D eigenvalue weighted by atomic mass is 32.2. The lowest BCUT2D eigenvalue weighted by Crippen LogP contribution is -2.57. The van der Waals surface area contributed by atoms with Crippen LogP contribution in [0, 0.1) is 0 Å². The SMILES string of the molecule is CN(C1CCN(S(C)(=O)=O)CC1)C(C)(C)C(=O)Nc1cc(C(C)(C)COC2CCCCO2)no1. The van der Waals surface area contributed by atoms with Gasteiger partial charge in [0.1, 0.15) is 0 Å². The van der Waals surface area contributed by atoms with Gasteiger partial charge in [-0.1, -0.05) is 19.0 Å². The molecule has 1 amide bonds. The molecule has 34 heavy (non-hydrogen) atoms. The van der Waals surface area contributed by atoms with Gasteiger partial charge in [0.15, 0.2) is 6.29 Å². The molecule has 1 atom stereocenters. The Kier molecular flexibility index (Phi) is 8.45. The third kappa shape index (κ3) is 6.57. The molecule has 0 aromatic carbocycles. The number of sulfonamides is 1. The number of likely N-dealkylation sites (N-methyl/N-ethyl adjacent to an activating group) is 1. The van der Waals surface area contributed by atoms with E-state index < -0.39 is 21.0 Å². The summed E-state index contributed by atoms with van der Waals surface area (Å²) in [5, 5.41) is 7.02. The first kappa shape index (κ1) is 27.1. The highest BCUT2D eigenvalue weighted by Gasteiger charge is 2.39. The molecule has 3 heterocycles. The molecule has 0 spiro atoms. The van der Waals surface area contributed by atoms with Crippen molar-refractivity contribution in [3.63, 3.8) is 0 Å². The van der Waals surface area contributed by atoms with E-state index in [-0.39, 0.29) is 24.1 Å². The van der Waals surface area contributed by atoms with Gasteiger partial charge in [0.05, 0.1) is 24.1 Å². The maximum absolute atomic E-state index is 13.1. The Hall–Kier alpha value is -1.53. The van der Waals surface area contributed by atoms with Crippen LogP contribution in [0.4, 0.5) is 5.88 Å². The first-order valence-electron chi connectivity index (χ1n) is 12.0. The Labute approximate surface area is 203 Å². The van der Waals surface area contributed by atoms with Crippen molar-refractivity contribution in [3.8, 4) is 0 Å². The summed E-state index contributed by atoms with van der Waals surface area (Å²) in [7, 11) is -1.29. The summed E-state index contributed by atoms with van der Waals surface area (Å²) in [4.78, 5) is 15.2. The Bertz CT molecular complexity index is 931. The van der Waals surface area contributed by atoms with E-state index in [4.69, 9.17) is 14.0 Å². The fraction of sp³-hybridized carbons (Fsp3) is 0.826. The molecule has 10 nitrogen and oxygen atoms in total. The first-order valence-corrected chi connectivity index (χ1v) is 13.9. The number of carbonyl (C=O) groups is 1. The van der Waals surface area contributed by atoms with Crippen molar-refractivity contribution in [3.05, 3.63) is 11.8 Å². The fourth-order valence-corrected chi connectivity index (χ4v) is 5.19. The van der Waals surface area contributed by atoms with Crippen molar-refractivity contribution < 1.29 is 27.2 Å². The number of amides is 1. The summed E-state index contributed by atoms with van der Waals surface area (Å²) in [6.07, 6.45) is 5.47. The Morgan fingerprint density at radius 2 is 1.91 bits per heavy atom. The summed E-state index contributed by atoms with van der Waals surface area (Å²) in [5.41, 5.74) is -0.549. The van der Waals surface area contributed by atoms with Crippen LogP contribution >= 0.6 is 0 Å². The van der Waals surface area contributed by atoms with Crippen molar-refractivity contribution in [1.82, 2.24) is 14.4 Å². The predicted octanol–water partition coefficient (Wildman–Crippen LogP) is 2.57. The van der Waals surface area contributed by atoms with Gasteiger partial charge in [-0.15, -0.1) is 0 Å². The van der Waals surface area contributed by atoms with Crippen LogP contribution in [-0.2, 0) is 29.7 Å². The molecule has 0 aliphatic carbocycles. The Morgan fingerprint density at radius 3 is 2.50 bits per heavy atom. The molecule has 11 heteroatoms. The molecule has 2 saturated heterocycles. The fourth-order valence-electron chi connectivity index (χ4n) is 4.31. The van der Waals surface area contributed by atoms with Gasteiger partial charge >= 0.3 is 0 Å². The van der Waals surface area contributed by atoms with Gasteiger partial charge in [-0.05, 0) is 53.0 Å². The van der Waals surface area contributed by atoms with Gasteiger partial charge in [-0.2, -0.15) is 0 Å². The van der Waals surface area contributed by atoms with E-state index in [0.29, 0.717) is 38.2 Å². The highest BCUT2D eigenvalue weighted by molar-refractivity contribution is 7.88. The summed E-state index contributed by atoms with van der Waals surface area (Å²) >= 11 is 0. The van der Waals surface area contributed by atoms with Crippen LogP contribution < -0.4 is 5.32 Å². The van der Waals surface area contributed by atoms with Crippen molar-refractivity contribution in [2.45, 2.75) is 83.1 Å². The smallest absolute Gasteiger partial charge is 0.246 e. The number of carbonyl (C=O) groups excluding carboxylic acids is 1. The number of aromatic nitrogens is 1. The van der Waals surface area contributed by atoms with Crippen molar-refractivity contribution in [1.29, 1.82) is 0 Å². The van der Waals surface area contributed by atoms with E-state index in [2.05, 4.69) is 10.5 Å². The van der Waals surface area contributed by atoms with Crippen molar-refractivity contribution >= 4 is 21.8 Å². The van der Waals surface area contributed by atoms with E-state index in [1.165, 1.54) is 10.6 Å². The third-order valence-electron chi connectivity index (χ3n) is 7.09. The summed E-state index contributed by atoms with van der Waals surface area (Å²) in [5.74, 6) is 0.0725. The van der Waals surface area contributed by atoms with Gasteiger partial charge < -0.3 is 14.0 Å². The standard InChI is InChI=1S/C23H40N4O6S/c1-22(2,16-32-20-9-7-8-14-31-20)18-15-19(33-25-18)24-21(28)23(3,4)26(5)17-10-12-27(13-11-17)34(6,29)30/h15,17,20H,7-14,16H2,1-6H3,(H,24,28). The number of hydrogen-bond donors (Lipinski definition) is 1. The summed E-state index contributed by atoms with van der Waals surface area (Å²) in [6, 6.07) is 1.84. The Balaban J connectivity index is 1.56. The van der Waals surface area contributed by atoms with E-state index in [0.717, 1.165) is 25.9 Å². The number of piperidine rings is 1. The zero-order chi connectivity index (χ0) is 25.1. The van der Waals surface area contributed by atoms with E-state index in [1.807, 2.05) is 39.6 Å². The largest absolute Gasteiger partial charge is 0.353 e. The molecule has 0 saturated carbocycles. The molecule has 1 unspecified atom stereocenters. The van der Waals surface area contributed by atoms with E-state index >= 15 is 0 Å². The van der Waals surface area contributed by atoms with Crippen LogP contribution in [-0.4, -0.2) is 86.2 Å². The molecule has 0 bridgehead atoms. The molecule has 1 aromatic heterocycles. The third-order valence-corrected chi connectivity index (χ3v) is 8.39. The number of anilines is 1. The van der Waals surface area contributed by atoms with Crippen LogP contribution in [0.25, 0.3) is 0 Å². The zero-order valence-corrected chi connectivity index (χ0v) is 22.1. The molecule has 2 aliphatic rings. The van der Waals surface area contributed by atoms with E-state index in [1.54, 1.807) is 6.07 Å². The van der Waals surface area contributed by atoms with Crippen LogP contribution in [0.2, 0.25) is 0 Å². The zero-order valence-electron chi connectivity index (χ0n) is 21.3. The topological polar surface area (TPSA) is 114 Å². The average Bonchev–Trinajstić information content (AvgIpc) is 3.27. The van der Waals surface area contributed by atoms with Gasteiger partial charge in [0, 0.05) is 37.2 Å². The lowest BCUT2D eigenvalue weighted by molar-refractivity contribution is -0.170. The van der Waals surface area contributed by atoms with Crippen LogP contribution in [0.1, 0.15) is 65.5 Å². The minimum atomic E-state index is -3.19. The number of hydrogen-bond acceptors (Lipinski definition) is 8. The monoisotopic (exact) mass is 500 g/mol. The van der Waals surface area contributed by atoms with E-state index in [9.17, 15) is 13.2 Å². The average molecular weight is 501 g/mol. The minimum absolute atomic E-state index is 0.0992. The van der Waals surface area contributed by atoms with Gasteiger partial charge in [0.25, 0.3) is 0 Å². The van der Waals surface area contributed by atoms with Gasteiger partial charge in [-0.3, -0.25) is 15.0 Å². The molecule has 2 fully saturated rings. The number of ether oxygens (including phenoxy) is 2. The minimum Gasteiger partial charge on any atom is -0.353 e. The molecular weight excluding hydrogens is 460 g/mol. The van der Waals surface area contributed by atoms with Crippen molar-refractivity contribution in [2.75, 3.05) is 44.9 Å². The first-order chi connectivity index (χ1) is 15.8. The predicted molar refractivity (Wildman–Crippen MR) is 129 cm³/mol. The second-order valence-electron chi connectivity index (χ2n) is 10.6. The van der Waals surface area contributed by atoms with Crippen LogP contribution in [0.3, 0.4) is 0 Å². The summed E-state index contributed by atoms with van der Waals surface area (Å²) in [6.45, 7) is 9.80. The molecular formula is C23H40N4O6S. The molecule has 3 rings (SSSR count). The lowest BCUT2D eigenvalue weighted by atomic mass is 9.90. The normalized spacial score (nSPS) is 21.7. The molecule has 1 N–H and O–H groups in total. The van der Waals surface area contributed by atoms with Crippen LogP contribution in [0.15, 0.2) is 10.6 Å². The lowest BCUT2D eigenvalue weighted by Gasteiger charge is -2.43. The second-order valence-corrected chi connectivity index (χ2v) is 12.6. The molecule has 0 radical (unpaired) electrons. The maximum atomic E-state index is 13.1. The van der Waals surface area contributed by atoms with Crippen molar-refractivity contribution in [2.24, 2.45) is 0 Å². The number of nitrogens with zero attached hydrogens (tertiary/aromatic N) is 3. The highest BCUT2D eigenvalue weighted by Crippen LogP contribution is 2.29. The molecule has 194 valence electrons. The second kappa shape index (κ2) is 10.6.